The first-order valence-electron chi connectivity index (χ1n) is 10.4. The van der Waals surface area contributed by atoms with Gasteiger partial charge in [-0.05, 0) is 85.6 Å². The highest BCUT2D eigenvalue weighted by atomic mass is 31.1. The first kappa shape index (κ1) is 18.7. The van der Waals surface area contributed by atoms with E-state index in [1.54, 1.807) is 35.8 Å². The Bertz CT molecular complexity index is 595. The maximum absolute atomic E-state index is 2.34. The Morgan fingerprint density at radius 1 is 0.615 bits per heavy atom. The van der Waals surface area contributed by atoms with Crippen LogP contribution in [0, 0.1) is 0 Å². The van der Waals surface area contributed by atoms with E-state index < -0.39 is 0 Å². The lowest BCUT2D eigenvalue weighted by Gasteiger charge is -2.25. The first-order chi connectivity index (χ1) is 12.9. The summed E-state index contributed by atoms with van der Waals surface area (Å²) in [5, 5.41) is 0. The molecule has 2 heteroatoms. The molecule has 0 unspecified atom stereocenters. The molecule has 2 aromatic rings. The third-order valence-electron chi connectivity index (χ3n) is 6.30. The Labute approximate surface area is 162 Å². The molecule has 26 heavy (non-hydrogen) atoms. The van der Waals surface area contributed by atoms with Gasteiger partial charge in [0.05, 0.1) is 0 Å². The smallest absolute Gasteiger partial charge is 0.0168 e. The van der Waals surface area contributed by atoms with E-state index in [9.17, 15) is 0 Å². The molecule has 2 aliphatic heterocycles. The third-order valence-corrected chi connectivity index (χ3v) is 13.0. The van der Waals surface area contributed by atoms with Crippen LogP contribution in [-0.2, 0) is 12.8 Å². The summed E-state index contributed by atoms with van der Waals surface area (Å²) in [6.45, 7) is 0. The molecule has 0 bridgehead atoms. The van der Waals surface area contributed by atoms with Crippen molar-refractivity contribution in [1.29, 1.82) is 0 Å². The molecule has 0 nitrogen and oxygen atoms in total. The predicted octanol–water partition coefficient (Wildman–Crippen LogP) is 6.76. The fraction of sp³-hybridized carbons (Fsp3) is 0.500. The van der Waals surface area contributed by atoms with Gasteiger partial charge >= 0.3 is 0 Å². The second-order valence-corrected chi connectivity index (χ2v) is 13.6. The van der Waals surface area contributed by atoms with Gasteiger partial charge < -0.3 is 0 Å². The largest absolute Gasteiger partial charge is 0.103 e. The molecule has 2 heterocycles. The minimum absolute atomic E-state index is 0.289. The molecular formula is C24H32P2. The highest BCUT2D eigenvalue weighted by Gasteiger charge is 2.30. The van der Waals surface area contributed by atoms with Crippen LogP contribution in [0.5, 0.6) is 0 Å². The zero-order valence-electron chi connectivity index (χ0n) is 15.9. The molecule has 0 N–H and O–H groups in total. The molecule has 2 fully saturated rings. The van der Waals surface area contributed by atoms with Crippen molar-refractivity contribution >= 4 is 15.8 Å². The van der Waals surface area contributed by atoms with Gasteiger partial charge in [0, 0.05) is 0 Å². The van der Waals surface area contributed by atoms with Crippen molar-refractivity contribution in [2.45, 2.75) is 49.8 Å². The van der Waals surface area contributed by atoms with Gasteiger partial charge in [0.2, 0.25) is 0 Å². The van der Waals surface area contributed by atoms with Gasteiger partial charge in [-0.15, -0.1) is 15.8 Å². The van der Waals surface area contributed by atoms with Crippen molar-refractivity contribution in [3.8, 4) is 0 Å². The maximum atomic E-state index is 2.34. The van der Waals surface area contributed by atoms with Crippen LogP contribution in [0.15, 0.2) is 60.7 Å². The average Bonchev–Trinajstić information content (AvgIpc) is 3.31. The maximum Gasteiger partial charge on any atom is -0.0168 e. The average molecular weight is 382 g/mol. The van der Waals surface area contributed by atoms with Crippen molar-refractivity contribution in [3.05, 3.63) is 71.8 Å². The van der Waals surface area contributed by atoms with Gasteiger partial charge in [-0.3, -0.25) is 0 Å². The Morgan fingerprint density at radius 2 is 1.04 bits per heavy atom. The summed E-state index contributed by atoms with van der Waals surface area (Å²) in [5.41, 5.74) is 5.16. The topological polar surface area (TPSA) is 0 Å². The van der Waals surface area contributed by atoms with E-state index in [0.717, 1.165) is 11.3 Å². The van der Waals surface area contributed by atoms with Gasteiger partial charge in [-0.2, -0.15) is 0 Å². The van der Waals surface area contributed by atoms with Crippen molar-refractivity contribution in [1.82, 2.24) is 0 Å². The molecule has 0 saturated carbocycles. The van der Waals surface area contributed by atoms with Gasteiger partial charge in [-0.1, -0.05) is 60.7 Å². The molecular weight excluding hydrogens is 350 g/mol. The predicted molar refractivity (Wildman–Crippen MR) is 120 cm³/mol. The summed E-state index contributed by atoms with van der Waals surface area (Å²) < 4.78 is 0. The molecule has 2 aromatic carbocycles. The van der Waals surface area contributed by atoms with E-state index in [1.165, 1.54) is 38.5 Å². The fourth-order valence-electron chi connectivity index (χ4n) is 4.87. The molecule has 2 aliphatic rings. The first-order valence-corrected chi connectivity index (χ1v) is 14.0. The zero-order chi connectivity index (χ0) is 17.6. The molecule has 0 amide bonds. The fourth-order valence-corrected chi connectivity index (χ4v) is 12.0. The lowest BCUT2D eigenvalue weighted by Crippen LogP contribution is -2.11. The van der Waals surface area contributed by atoms with E-state index in [2.05, 4.69) is 60.7 Å². The number of hydrogen-bond donors (Lipinski definition) is 0. The molecule has 0 spiro atoms. The van der Waals surface area contributed by atoms with E-state index in [0.29, 0.717) is 0 Å². The minimum atomic E-state index is 0.289. The normalized spacial score (nSPS) is 28.5. The molecule has 4 atom stereocenters. The molecule has 0 aliphatic carbocycles. The van der Waals surface area contributed by atoms with Crippen molar-refractivity contribution in [2.75, 3.05) is 24.6 Å². The quantitative estimate of drug-likeness (QED) is 0.464. The van der Waals surface area contributed by atoms with Crippen LogP contribution < -0.4 is 0 Å². The van der Waals surface area contributed by atoms with E-state index in [1.807, 2.05) is 0 Å². The summed E-state index contributed by atoms with van der Waals surface area (Å²) in [4.78, 5) is 0. The van der Waals surface area contributed by atoms with Crippen molar-refractivity contribution < 1.29 is 0 Å². The lowest BCUT2D eigenvalue weighted by atomic mass is 10.1. The summed E-state index contributed by atoms with van der Waals surface area (Å²) in [6.07, 6.45) is 14.9. The summed E-state index contributed by atoms with van der Waals surface area (Å²) in [5.74, 6) is 0. The second kappa shape index (κ2) is 9.48. The van der Waals surface area contributed by atoms with Gasteiger partial charge in [-0.25, -0.2) is 0 Å². The highest BCUT2D eigenvalue weighted by Crippen LogP contribution is 2.57. The Kier molecular flexibility index (Phi) is 6.80. The molecule has 4 rings (SSSR count). The Hall–Kier alpha value is -0.700. The van der Waals surface area contributed by atoms with E-state index >= 15 is 0 Å². The molecule has 138 valence electrons. The third kappa shape index (κ3) is 4.97. The monoisotopic (exact) mass is 382 g/mol. The van der Waals surface area contributed by atoms with Crippen molar-refractivity contribution in [2.24, 2.45) is 0 Å². The SMILES string of the molecule is c1ccc(C[C@H]2CCC[P@]2CC[P@@]2CCC[C@@H]2Cc2ccccc2)cc1. The summed E-state index contributed by atoms with van der Waals surface area (Å²) in [7, 11) is 0.579. The van der Waals surface area contributed by atoms with Crippen LogP contribution in [0.4, 0.5) is 0 Å². The van der Waals surface area contributed by atoms with Gasteiger partial charge in [0.1, 0.15) is 0 Å². The standard InChI is InChI=1S/C24H32P2/c1-3-9-21(10-4-1)19-23-13-7-15-25(23)17-18-26-16-8-14-24(26)20-22-11-5-2-6-12-22/h1-6,9-12,23-24H,7-8,13-20H2/t23-,24-,25-,26-/m1/s1. The zero-order valence-corrected chi connectivity index (χ0v) is 17.7. The van der Waals surface area contributed by atoms with Crippen LogP contribution in [0.25, 0.3) is 0 Å². The second-order valence-electron chi connectivity index (χ2n) is 8.04. The van der Waals surface area contributed by atoms with Crippen LogP contribution in [-0.4, -0.2) is 36.0 Å². The van der Waals surface area contributed by atoms with Crippen LogP contribution in [0.3, 0.4) is 0 Å². The summed E-state index contributed by atoms with van der Waals surface area (Å²) >= 11 is 0. The van der Waals surface area contributed by atoms with Gasteiger partial charge in [0.15, 0.2) is 0 Å². The Balaban J connectivity index is 1.29. The van der Waals surface area contributed by atoms with Crippen molar-refractivity contribution in [3.63, 3.8) is 0 Å². The number of hydrogen-bond acceptors (Lipinski definition) is 0. The Morgan fingerprint density at radius 3 is 1.46 bits per heavy atom. The molecule has 2 saturated heterocycles. The van der Waals surface area contributed by atoms with Crippen LogP contribution in [0.1, 0.15) is 36.8 Å². The summed E-state index contributed by atoms with van der Waals surface area (Å²) in [6, 6.07) is 22.5. The molecule has 0 aromatic heterocycles. The van der Waals surface area contributed by atoms with Crippen LogP contribution >= 0.6 is 15.8 Å². The van der Waals surface area contributed by atoms with Crippen LogP contribution in [0.2, 0.25) is 0 Å². The van der Waals surface area contributed by atoms with E-state index in [-0.39, 0.29) is 15.8 Å². The number of benzene rings is 2. The minimum Gasteiger partial charge on any atom is -0.103 e. The highest BCUT2D eigenvalue weighted by molar-refractivity contribution is 7.62. The molecule has 0 radical (unpaired) electrons. The lowest BCUT2D eigenvalue weighted by molar-refractivity contribution is 0.772. The van der Waals surface area contributed by atoms with E-state index in [4.69, 9.17) is 0 Å². The number of rotatable bonds is 7. The van der Waals surface area contributed by atoms with Gasteiger partial charge in [0.25, 0.3) is 0 Å².